The van der Waals surface area contributed by atoms with E-state index in [1.54, 1.807) is 0 Å². The second-order valence-corrected chi connectivity index (χ2v) is 6.27. The van der Waals surface area contributed by atoms with Gasteiger partial charge in [0.15, 0.2) is 0 Å². The Labute approximate surface area is 88.0 Å². The van der Waals surface area contributed by atoms with E-state index < -0.39 is 0 Å². The van der Waals surface area contributed by atoms with Gasteiger partial charge in [0.05, 0.1) is 0 Å². The van der Waals surface area contributed by atoms with Gasteiger partial charge in [-0.25, -0.2) is 0 Å². The molecule has 0 saturated heterocycles. The number of hydrogen-bond acceptors (Lipinski definition) is 0. The Hall–Kier alpha value is 1.24. The van der Waals surface area contributed by atoms with Gasteiger partial charge < -0.3 is 0 Å². The van der Waals surface area contributed by atoms with Crippen LogP contribution in [0.3, 0.4) is 0 Å². The third-order valence-corrected chi connectivity index (χ3v) is 2.27. The number of halogens is 3. The lowest BCUT2D eigenvalue weighted by Crippen LogP contribution is -1.84. The Bertz CT molecular complexity index is 112. The minimum Gasteiger partial charge on any atom is -0.133 e. The minimum atomic E-state index is 0.297. The van der Waals surface area contributed by atoms with E-state index in [9.17, 15) is 0 Å². The molecule has 0 aromatic rings. The van der Waals surface area contributed by atoms with Crippen LogP contribution in [-0.2, 0) is 0 Å². The van der Waals surface area contributed by atoms with Crippen LogP contribution in [0.25, 0.3) is 0 Å². The van der Waals surface area contributed by atoms with Gasteiger partial charge in [-0.2, -0.15) is 0 Å². The maximum absolute atomic E-state index is 3.48. The molecule has 0 aromatic carbocycles. The normalized spacial score (nSPS) is 11.8. The quantitative estimate of drug-likeness (QED) is 0.674. The van der Waals surface area contributed by atoms with Gasteiger partial charge in [-0.05, 0) is 17.3 Å². The lowest BCUT2D eigenvalue weighted by molar-refractivity contribution is 0.811. The summed E-state index contributed by atoms with van der Waals surface area (Å²) in [5.41, 5.74) is 0. The Morgan fingerprint density at radius 1 is 1.50 bits per heavy atom. The van der Waals surface area contributed by atoms with Crippen molar-refractivity contribution < 1.29 is 0 Å². The minimum absolute atomic E-state index is 0.297. The molecule has 0 aliphatic heterocycles. The molecule has 58 valence electrons. The average Bonchev–Trinajstić information content (AvgIpc) is 1.82. The predicted molar refractivity (Wildman–Crippen MR) is 60.1 cm³/mol. The van der Waals surface area contributed by atoms with Crippen LogP contribution in [-0.4, -0.2) is 4.36 Å². The maximum atomic E-state index is 3.48. The van der Waals surface area contributed by atoms with Gasteiger partial charge in [0.25, 0.3) is 0 Å². The van der Waals surface area contributed by atoms with E-state index in [-0.39, 0.29) is 0 Å². The van der Waals surface area contributed by atoms with Crippen LogP contribution in [0.4, 0.5) is 0 Å². The zero-order chi connectivity index (χ0) is 7.98. The average molecular weight is 333 g/mol. The van der Waals surface area contributed by atoms with Crippen molar-refractivity contribution in [2.24, 2.45) is 0 Å². The smallest absolute Gasteiger partial charge is 0.133 e. The molecule has 0 amide bonds. The fraction of sp³-hybridized carbons (Fsp3) is 0.667. The molecular weight excluding hydrogens is 323 g/mol. The summed E-state index contributed by atoms with van der Waals surface area (Å²) >= 11 is 10.2. The SMILES string of the molecule is CCCC/C(Br)=C/B(Br)Br. The highest BCUT2D eigenvalue weighted by Gasteiger charge is 1.99. The molecule has 0 heterocycles. The molecule has 0 spiro atoms. The first-order chi connectivity index (χ1) is 4.66. The van der Waals surface area contributed by atoms with Crippen LogP contribution in [0.5, 0.6) is 0 Å². The maximum Gasteiger partial charge on any atom is 0.323 e. The summed E-state index contributed by atoms with van der Waals surface area (Å²) in [5, 5.41) is 0. The Morgan fingerprint density at radius 3 is 2.50 bits per heavy atom. The standard InChI is InChI=1S/C6H10BBr3/c1-2-3-4-6(8)5-7(9)10/h5H,2-4H2,1H3/b6-5-. The molecule has 0 bridgehead atoms. The van der Waals surface area contributed by atoms with Gasteiger partial charge in [-0.3, -0.25) is 0 Å². The van der Waals surface area contributed by atoms with Gasteiger partial charge in [0.1, 0.15) is 0 Å². The van der Waals surface area contributed by atoms with Crippen molar-refractivity contribution in [2.75, 3.05) is 0 Å². The first-order valence-electron chi connectivity index (χ1n) is 3.31. The predicted octanol–water partition coefficient (Wildman–Crippen LogP) is 4.27. The first kappa shape index (κ1) is 11.2. The van der Waals surface area contributed by atoms with Crippen LogP contribution in [0.1, 0.15) is 26.2 Å². The molecule has 0 rings (SSSR count). The second kappa shape index (κ2) is 6.92. The zero-order valence-corrected chi connectivity index (χ0v) is 10.7. The lowest BCUT2D eigenvalue weighted by atomic mass is 10.1. The van der Waals surface area contributed by atoms with Gasteiger partial charge in [0, 0.05) is 0 Å². The zero-order valence-electron chi connectivity index (χ0n) is 5.91. The highest BCUT2D eigenvalue weighted by atomic mass is 79.9. The summed E-state index contributed by atoms with van der Waals surface area (Å²) in [6.07, 6.45) is 3.65. The lowest BCUT2D eigenvalue weighted by Gasteiger charge is -1.95. The second-order valence-electron chi connectivity index (χ2n) is 2.05. The molecule has 0 radical (unpaired) electrons. The van der Waals surface area contributed by atoms with Crippen molar-refractivity contribution in [2.45, 2.75) is 26.2 Å². The monoisotopic (exact) mass is 330 g/mol. The largest absolute Gasteiger partial charge is 0.323 e. The van der Waals surface area contributed by atoms with E-state index in [1.165, 1.54) is 17.3 Å². The number of allylic oxidation sites excluding steroid dienone is 1. The molecule has 0 unspecified atom stereocenters. The highest BCUT2D eigenvalue weighted by Crippen LogP contribution is 2.17. The van der Waals surface area contributed by atoms with Gasteiger partial charge in [-0.1, -0.05) is 35.2 Å². The molecule has 10 heavy (non-hydrogen) atoms. The van der Waals surface area contributed by atoms with E-state index >= 15 is 0 Å². The van der Waals surface area contributed by atoms with E-state index in [1.807, 2.05) is 0 Å². The van der Waals surface area contributed by atoms with E-state index in [2.05, 4.69) is 60.3 Å². The van der Waals surface area contributed by atoms with Crippen LogP contribution < -0.4 is 0 Å². The van der Waals surface area contributed by atoms with E-state index in [4.69, 9.17) is 0 Å². The first-order valence-corrected chi connectivity index (χ1v) is 5.93. The summed E-state index contributed by atoms with van der Waals surface area (Å²) in [6.45, 7) is 2.19. The molecule has 0 saturated carbocycles. The third-order valence-electron chi connectivity index (χ3n) is 1.08. The fourth-order valence-corrected chi connectivity index (χ4v) is 2.46. The summed E-state index contributed by atoms with van der Waals surface area (Å²) in [5.74, 6) is 2.11. The van der Waals surface area contributed by atoms with E-state index in [0.717, 1.165) is 6.42 Å². The molecule has 0 aromatic heterocycles. The molecule has 0 atom stereocenters. The van der Waals surface area contributed by atoms with E-state index in [0.29, 0.717) is 4.36 Å². The molecular formula is C6H10BBr3. The van der Waals surface area contributed by atoms with Crippen molar-refractivity contribution >= 4 is 51.8 Å². The topological polar surface area (TPSA) is 0 Å². The molecule has 0 fully saturated rings. The van der Waals surface area contributed by atoms with Gasteiger partial charge >= 0.3 is 4.36 Å². The van der Waals surface area contributed by atoms with Crippen molar-refractivity contribution in [1.82, 2.24) is 0 Å². The Morgan fingerprint density at radius 2 is 2.10 bits per heavy atom. The third kappa shape index (κ3) is 7.35. The number of hydrogen-bond donors (Lipinski definition) is 0. The van der Waals surface area contributed by atoms with Gasteiger partial charge in [0.2, 0.25) is 0 Å². The fourth-order valence-electron chi connectivity index (χ4n) is 0.566. The molecule has 0 nitrogen and oxygen atoms in total. The number of unbranched alkanes of at least 4 members (excludes halogenated alkanes) is 1. The molecule has 0 N–H and O–H groups in total. The van der Waals surface area contributed by atoms with Crippen molar-refractivity contribution in [3.8, 4) is 0 Å². The Balaban J connectivity index is 3.49. The summed E-state index contributed by atoms with van der Waals surface area (Å²) in [6, 6.07) is 0. The van der Waals surface area contributed by atoms with Crippen LogP contribution in [0.15, 0.2) is 10.5 Å². The molecule has 0 aliphatic rings. The van der Waals surface area contributed by atoms with Crippen LogP contribution in [0.2, 0.25) is 0 Å². The van der Waals surface area contributed by atoms with Crippen molar-refractivity contribution in [3.63, 3.8) is 0 Å². The van der Waals surface area contributed by atoms with Gasteiger partial charge in [-0.15, -0.1) is 31.5 Å². The summed E-state index contributed by atoms with van der Waals surface area (Å²) in [4.78, 5) is 0. The molecule has 4 heteroatoms. The number of rotatable bonds is 4. The summed E-state index contributed by atoms with van der Waals surface area (Å²) < 4.78 is 1.57. The molecule has 0 aliphatic carbocycles. The Kier molecular flexibility index (Phi) is 7.79. The highest BCUT2D eigenvalue weighted by molar-refractivity contribution is 9.49. The van der Waals surface area contributed by atoms with Crippen molar-refractivity contribution in [1.29, 1.82) is 0 Å². The summed E-state index contributed by atoms with van der Waals surface area (Å²) in [7, 11) is 0. The van der Waals surface area contributed by atoms with Crippen LogP contribution >= 0.6 is 47.4 Å². The van der Waals surface area contributed by atoms with Crippen molar-refractivity contribution in [3.05, 3.63) is 10.5 Å². The van der Waals surface area contributed by atoms with Crippen LogP contribution in [0, 0.1) is 0 Å².